The average molecular weight is 455 g/mol. The molecule has 0 aromatic heterocycles. The number of nitrogens with one attached hydrogen (secondary N) is 2. The number of hydrogen-bond donors (Lipinski definition) is 2. The number of ether oxygens (including phenoxy) is 1. The Balaban J connectivity index is 0.00000192. The van der Waals surface area contributed by atoms with Crippen LogP contribution in [0.1, 0.15) is 25.7 Å². The Morgan fingerprint density at radius 1 is 1.35 bits per heavy atom. The second-order valence-corrected chi connectivity index (χ2v) is 8.72. The maximum absolute atomic E-state index is 11.5. The van der Waals surface area contributed by atoms with Crippen molar-refractivity contribution in [1.82, 2.24) is 10.6 Å². The Kier molecular flexibility index (Phi) is 6.73. The molecule has 0 aliphatic carbocycles. The SMILES string of the molecule is C=CCNC(=NCC1CCS(=O)(=O)C1)NC1CC2CCC1O2.I. The molecule has 4 unspecified atom stereocenters. The summed E-state index contributed by atoms with van der Waals surface area (Å²) in [5.41, 5.74) is 0. The molecular formula is C15H26IN3O3S. The van der Waals surface area contributed by atoms with Gasteiger partial charge in [0.1, 0.15) is 0 Å². The van der Waals surface area contributed by atoms with Crippen molar-refractivity contribution in [2.45, 2.75) is 43.9 Å². The average Bonchev–Trinajstić information content (AvgIpc) is 3.17. The standard InChI is InChI=1S/C15H25N3O3S.HI/c1-2-6-16-15(17-9-11-5-7-22(19,20)10-11)18-13-8-12-3-4-14(13)21-12;/h2,11-14H,1,3-10H2,(H2,16,17,18);1H. The third kappa shape index (κ3) is 5.06. The Hall–Kier alpha value is -0.350. The van der Waals surface area contributed by atoms with Crippen LogP contribution >= 0.6 is 24.0 Å². The Morgan fingerprint density at radius 3 is 2.74 bits per heavy atom. The van der Waals surface area contributed by atoms with Gasteiger partial charge in [0, 0.05) is 13.1 Å². The van der Waals surface area contributed by atoms with Crippen molar-refractivity contribution in [3.63, 3.8) is 0 Å². The first-order chi connectivity index (χ1) is 10.6. The van der Waals surface area contributed by atoms with Crippen LogP contribution in [-0.2, 0) is 14.6 Å². The second kappa shape index (κ2) is 8.15. The zero-order chi connectivity index (χ0) is 15.6. The van der Waals surface area contributed by atoms with Gasteiger partial charge in [-0.3, -0.25) is 4.99 Å². The fourth-order valence-corrected chi connectivity index (χ4v) is 5.37. The molecule has 132 valence electrons. The van der Waals surface area contributed by atoms with E-state index < -0.39 is 9.84 Å². The van der Waals surface area contributed by atoms with Crippen LogP contribution in [0.2, 0.25) is 0 Å². The summed E-state index contributed by atoms with van der Waals surface area (Å²) in [7, 11) is -2.84. The molecule has 0 spiro atoms. The predicted molar refractivity (Wildman–Crippen MR) is 102 cm³/mol. The summed E-state index contributed by atoms with van der Waals surface area (Å²) in [6.07, 6.45) is 6.48. The van der Waals surface area contributed by atoms with Crippen LogP contribution < -0.4 is 10.6 Å². The van der Waals surface area contributed by atoms with E-state index >= 15 is 0 Å². The van der Waals surface area contributed by atoms with Gasteiger partial charge in [-0.05, 0) is 31.6 Å². The summed E-state index contributed by atoms with van der Waals surface area (Å²) in [5, 5.41) is 6.66. The smallest absolute Gasteiger partial charge is 0.191 e. The molecule has 0 saturated carbocycles. The highest BCUT2D eigenvalue weighted by molar-refractivity contribution is 14.0. The lowest BCUT2D eigenvalue weighted by Crippen LogP contribution is -2.47. The third-order valence-corrected chi connectivity index (χ3v) is 6.51. The topological polar surface area (TPSA) is 79.8 Å². The van der Waals surface area contributed by atoms with Crippen LogP contribution in [0.5, 0.6) is 0 Å². The summed E-state index contributed by atoms with van der Waals surface area (Å²) in [4.78, 5) is 4.58. The molecule has 3 aliphatic rings. The van der Waals surface area contributed by atoms with Gasteiger partial charge in [-0.25, -0.2) is 8.42 Å². The highest BCUT2D eigenvalue weighted by Crippen LogP contribution is 2.34. The molecule has 3 saturated heterocycles. The number of aliphatic imine (C=N–C) groups is 1. The van der Waals surface area contributed by atoms with E-state index in [2.05, 4.69) is 22.2 Å². The molecule has 3 fully saturated rings. The largest absolute Gasteiger partial charge is 0.373 e. The van der Waals surface area contributed by atoms with E-state index in [1.807, 2.05) is 0 Å². The minimum atomic E-state index is -2.84. The van der Waals surface area contributed by atoms with Gasteiger partial charge in [0.25, 0.3) is 0 Å². The molecule has 3 heterocycles. The first kappa shape index (κ1) is 19.0. The first-order valence-electron chi connectivity index (χ1n) is 8.07. The van der Waals surface area contributed by atoms with E-state index in [1.165, 1.54) is 0 Å². The minimum absolute atomic E-state index is 0. The monoisotopic (exact) mass is 455 g/mol. The second-order valence-electron chi connectivity index (χ2n) is 6.49. The molecule has 0 aromatic carbocycles. The van der Waals surface area contributed by atoms with Gasteiger partial charge in [-0.1, -0.05) is 6.08 Å². The molecule has 23 heavy (non-hydrogen) atoms. The summed E-state index contributed by atoms with van der Waals surface area (Å²) in [6, 6.07) is 0.308. The molecule has 6 nitrogen and oxygen atoms in total. The molecule has 4 atom stereocenters. The highest BCUT2D eigenvalue weighted by atomic mass is 127. The van der Waals surface area contributed by atoms with Crippen molar-refractivity contribution in [2.75, 3.05) is 24.6 Å². The van der Waals surface area contributed by atoms with E-state index in [0.717, 1.165) is 31.6 Å². The first-order valence-corrected chi connectivity index (χ1v) is 9.89. The van der Waals surface area contributed by atoms with Crippen LogP contribution in [-0.4, -0.2) is 57.2 Å². The number of hydrogen-bond acceptors (Lipinski definition) is 4. The highest BCUT2D eigenvalue weighted by Gasteiger charge is 2.41. The minimum Gasteiger partial charge on any atom is -0.373 e. The number of fused-ring (bicyclic) bond motifs is 2. The van der Waals surface area contributed by atoms with Gasteiger partial charge in [-0.2, -0.15) is 0 Å². The quantitative estimate of drug-likeness (QED) is 0.281. The predicted octanol–water partition coefficient (Wildman–Crippen LogP) is 1.08. The summed E-state index contributed by atoms with van der Waals surface area (Å²) in [6.45, 7) is 4.89. The molecule has 0 radical (unpaired) electrons. The van der Waals surface area contributed by atoms with Crippen LogP contribution in [0.3, 0.4) is 0 Å². The molecule has 0 amide bonds. The zero-order valence-corrected chi connectivity index (χ0v) is 16.4. The molecule has 3 rings (SSSR count). The van der Waals surface area contributed by atoms with Crippen LogP contribution in [0.4, 0.5) is 0 Å². The Morgan fingerprint density at radius 2 is 2.17 bits per heavy atom. The van der Waals surface area contributed by atoms with Crippen molar-refractivity contribution in [3.8, 4) is 0 Å². The molecule has 3 aliphatic heterocycles. The number of sulfone groups is 1. The van der Waals surface area contributed by atoms with Gasteiger partial charge in [0.2, 0.25) is 0 Å². The van der Waals surface area contributed by atoms with Crippen molar-refractivity contribution in [1.29, 1.82) is 0 Å². The van der Waals surface area contributed by atoms with Crippen LogP contribution in [0.25, 0.3) is 0 Å². The van der Waals surface area contributed by atoms with Gasteiger partial charge in [0.05, 0.1) is 29.8 Å². The van der Waals surface area contributed by atoms with Crippen molar-refractivity contribution in [3.05, 3.63) is 12.7 Å². The van der Waals surface area contributed by atoms with Gasteiger partial charge < -0.3 is 15.4 Å². The van der Waals surface area contributed by atoms with Gasteiger partial charge >= 0.3 is 0 Å². The lowest BCUT2D eigenvalue weighted by molar-refractivity contribution is 0.0992. The van der Waals surface area contributed by atoms with E-state index in [4.69, 9.17) is 4.74 Å². The Labute approximate surface area is 155 Å². The zero-order valence-electron chi connectivity index (χ0n) is 13.2. The number of nitrogens with zero attached hydrogens (tertiary/aromatic N) is 1. The van der Waals surface area contributed by atoms with Crippen molar-refractivity contribution >= 4 is 39.8 Å². The van der Waals surface area contributed by atoms with E-state index in [9.17, 15) is 8.42 Å². The lowest BCUT2D eigenvalue weighted by Gasteiger charge is -2.23. The summed E-state index contributed by atoms with van der Waals surface area (Å²) >= 11 is 0. The maximum Gasteiger partial charge on any atom is 0.191 e. The maximum atomic E-state index is 11.5. The van der Waals surface area contributed by atoms with Crippen molar-refractivity contribution < 1.29 is 13.2 Å². The summed E-state index contributed by atoms with van der Waals surface area (Å²) in [5.74, 6) is 1.45. The fourth-order valence-electron chi connectivity index (χ4n) is 3.52. The molecule has 8 heteroatoms. The van der Waals surface area contributed by atoms with Gasteiger partial charge in [0.15, 0.2) is 15.8 Å². The van der Waals surface area contributed by atoms with Crippen molar-refractivity contribution in [2.24, 2.45) is 10.9 Å². The molecular weight excluding hydrogens is 429 g/mol. The van der Waals surface area contributed by atoms with Crippen LogP contribution in [0, 0.1) is 5.92 Å². The fraction of sp³-hybridized carbons (Fsp3) is 0.800. The molecule has 2 N–H and O–H groups in total. The number of rotatable bonds is 5. The van der Waals surface area contributed by atoms with Crippen LogP contribution in [0.15, 0.2) is 17.6 Å². The number of halogens is 1. The summed E-state index contributed by atoms with van der Waals surface area (Å²) < 4.78 is 28.9. The number of guanidine groups is 1. The molecule has 0 aromatic rings. The normalized spacial score (nSPS) is 34.9. The van der Waals surface area contributed by atoms with E-state index in [0.29, 0.717) is 31.0 Å². The third-order valence-electron chi connectivity index (χ3n) is 4.68. The molecule has 2 bridgehead atoms. The Bertz CT molecular complexity index is 552. The van der Waals surface area contributed by atoms with E-state index in [1.54, 1.807) is 6.08 Å². The lowest BCUT2D eigenvalue weighted by atomic mass is 9.96. The van der Waals surface area contributed by atoms with Gasteiger partial charge in [-0.15, -0.1) is 30.6 Å². The van der Waals surface area contributed by atoms with E-state index in [-0.39, 0.29) is 41.8 Å².